The number of phenols is 1. The van der Waals surface area contributed by atoms with Crippen LogP contribution in [0.25, 0.3) is 5.76 Å². The number of nitrogens with one attached hydrogen (secondary N) is 2. The molecule has 0 aromatic heterocycles. The number of anilines is 1. The number of carbonyl (C=O) groups is 4. The number of hydrogen-bond donors (Lipinski definition) is 6. The first kappa shape index (κ1) is 36.2. The Kier molecular flexibility index (Phi) is 11.3. The van der Waals surface area contributed by atoms with Gasteiger partial charge in [0.2, 0.25) is 5.78 Å². The van der Waals surface area contributed by atoms with E-state index in [1.165, 1.54) is 19.0 Å². The van der Waals surface area contributed by atoms with Crippen LogP contribution in [0.15, 0.2) is 28.1 Å². The first-order chi connectivity index (χ1) is 21.6. The van der Waals surface area contributed by atoms with E-state index >= 15 is 0 Å². The summed E-state index contributed by atoms with van der Waals surface area (Å²) in [5, 5.41) is 51.5. The van der Waals surface area contributed by atoms with Crippen molar-refractivity contribution in [3.63, 3.8) is 0 Å². The van der Waals surface area contributed by atoms with Crippen molar-refractivity contribution in [3.05, 3.63) is 39.7 Å². The molecule has 1 fully saturated rings. The molecule has 1 aromatic rings. The van der Waals surface area contributed by atoms with Gasteiger partial charge in [-0.25, -0.2) is 10.3 Å². The molecule has 2 aliphatic carbocycles. The molecule has 3 rings (SSSR count). The maximum atomic E-state index is 14.2. The number of amides is 2. The number of carbonyl (C=O) groups excluding carboxylic acids is 4. The van der Waals surface area contributed by atoms with E-state index in [0.29, 0.717) is 17.7 Å². The summed E-state index contributed by atoms with van der Waals surface area (Å²) in [5.41, 5.74) is 3.97. The van der Waals surface area contributed by atoms with Gasteiger partial charge in [0.25, 0.3) is 0 Å². The molecular weight excluding hydrogens is 598 g/mol. The molecule has 4 atom stereocenters. The molecule has 0 aliphatic heterocycles. The minimum absolute atomic E-state index is 0.0779. The van der Waals surface area contributed by atoms with Crippen LogP contribution in [0.1, 0.15) is 62.6 Å². The van der Waals surface area contributed by atoms with Crippen molar-refractivity contribution in [1.29, 1.82) is 5.53 Å². The van der Waals surface area contributed by atoms with Gasteiger partial charge in [-0.2, -0.15) is 0 Å². The normalized spacial score (nSPS) is 24.1. The quantitative estimate of drug-likeness (QED) is 0.0673. The molecule has 1 saturated carbocycles. The van der Waals surface area contributed by atoms with Crippen LogP contribution in [0, 0.1) is 24.3 Å². The lowest BCUT2D eigenvalue weighted by Gasteiger charge is -2.49. The third-order valence-electron chi connectivity index (χ3n) is 8.83. The summed E-state index contributed by atoms with van der Waals surface area (Å²) in [6.45, 7) is 5.35. The van der Waals surface area contributed by atoms with Crippen LogP contribution in [0.5, 0.6) is 5.75 Å². The zero-order chi connectivity index (χ0) is 34.7. The second-order valence-corrected chi connectivity index (χ2v) is 12.4. The van der Waals surface area contributed by atoms with Crippen LogP contribution >= 0.6 is 0 Å². The molecule has 14 nitrogen and oxygen atoms in total. The van der Waals surface area contributed by atoms with Crippen LogP contribution in [-0.4, -0.2) is 95.3 Å². The fraction of sp³-hybridized carbons (Fsp3) is 0.562. The van der Waals surface area contributed by atoms with Crippen molar-refractivity contribution >= 4 is 35.0 Å². The van der Waals surface area contributed by atoms with Crippen LogP contribution in [-0.2, 0) is 25.7 Å². The number of nitrogens with zero attached hydrogens (tertiary/aromatic N) is 3. The molecule has 0 heterocycles. The number of unbranched alkanes of at least 4 members (excludes halogenated alkanes) is 3. The Morgan fingerprint density at radius 1 is 1.15 bits per heavy atom. The Morgan fingerprint density at radius 2 is 1.80 bits per heavy atom. The average Bonchev–Trinajstić information content (AvgIpc) is 2.98. The number of alkyl carbamates (subject to hydrolysis) is 1. The number of phenolic OH excluding ortho intramolecular Hbond substituents is 1. The highest BCUT2D eigenvalue weighted by Gasteiger charge is 2.63. The Bertz CT molecular complexity index is 1480. The van der Waals surface area contributed by atoms with Crippen molar-refractivity contribution in [2.24, 2.45) is 17.0 Å². The van der Waals surface area contributed by atoms with Crippen molar-refractivity contribution < 1.29 is 44.3 Å². The number of aliphatic hydroxyl groups is 3. The van der Waals surface area contributed by atoms with Crippen LogP contribution in [0.2, 0.25) is 0 Å². The number of aliphatic hydroxyl groups excluding tert-OH is 2. The van der Waals surface area contributed by atoms with Gasteiger partial charge < -0.3 is 35.4 Å². The molecule has 2 amide bonds. The van der Waals surface area contributed by atoms with Crippen LogP contribution in [0.4, 0.5) is 10.5 Å². The zero-order valence-corrected chi connectivity index (χ0v) is 27.4. The van der Waals surface area contributed by atoms with Gasteiger partial charge in [0, 0.05) is 43.4 Å². The molecule has 0 saturated heterocycles. The monoisotopic (exact) mass is 643 g/mol. The molecule has 0 bridgehead atoms. The summed E-state index contributed by atoms with van der Waals surface area (Å²) in [7, 11) is 6.48. The molecule has 2 aliphatic rings. The third kappa shape index (κ3) is 6.49. The third-order valence-corrected chi connectivity index (χ3v) is 8.83. The van der Waals surface area contributed by atoms with Crippen molar-refractivity contribution in [2.75, 3.05) is 39.7 Å². The summed E-state index contributed by atoms with van der Waals surface area (Å²) in [6.07, 6.45) is 2.95. The van der Waals surface area contributed by atoms with Gasteiger partial charge >= 0.3 is 12.0 Å². The number of hydrogen-bond acceptors (Lipinski definition) is 12. The number of aromatic hydroxyl groups is 1. The van der Waals surface area contributed by atoms with Gasteiger partial charge in [-0.05, 0) is 51.4 Å². The Labute approximate surface area is 268 Å². The van der Waals surface area contributed by atoms with E-state index in [2.05, 4.69) is 17.4 Å². The second-order valence-electron chi connectivity index (χ2n) is 12.4. The first-order valence-corrected chi connectivity index (χ1v) is 15.3. The number of ether oxygens (including phenoxy) is 1. The number of fused-ring (bicyclic) bond motifs is 1. The lowest BCUT2D eigenvalue weighted by molar-refractivity contribution is -0.153. The number of ketones is 2. The molecule has 6 N–H and O–H groups in total. The zero-order valence-electron chi connectivity index (χ0n) is 27.4. The van der Waals surface area contributed by atoms with E-state index in [1.807, 2.05) is 0 Å². The molecule has 0 spiro atoms. The predicted octanol–water partition coefficient (Wildman–Crippen LogP) is 3.68. The van der Waals surface area contributed by atoms with Gasteiger partial charge in [0.15, 0.2) is 11.4 Å². The van der Waals surface area contributed by atoms with Gasteiger partial charge in [-0.1, -0.05) is 33.1 Å². The predicted molar refractivity (Wildman–Crippen MR) is 169 cm³/mol. The molecule has 0 unspecified atom stereocenters. The largest absolute Gasteiger partial charge is 0.508 e. The Balaban J connectivity index is 2.14. The molecule has 46 heavy (non-hydrogen) atoms. The molecule has 14 heteroatoms. The van der Waals surface area contributed by atoms with E-state index in [4.69, 9.17) is 10.3 Å². The molecule has 1 aromatic carbocycles. The fourth-order valence-electron chi connectivity index (χ4n) is 6.49. The summed E-state index contributed by atoms with van der Waals surface area (Å²) < 4.78 is 5.22. The number of rotatable bonds is 11. The van der Waals surface area contributed by atoms with Crippen molar-refractivity contribution in [3.8, 4) is 5.75 Å². The minimum atomic E-state index is -2.82. The maximum absolute atomic E-state index is 14.2. The highest BCUT2D eigenvalue weighted by molar-refractivity contribution is 6.25. The smallest absolute Gasteiger partial charge is 0.407 e. The van der Waals surface area contributed by atoms with Gasteiger partial charge in [0.05, 0.1) is 18.2 Å². The molecule has 252 valence electrons. The Hall–Kier alpha value is -4.30. The number of Topliss-reactive ketones (excluding diaryl/α,β-unsaturated/α-hetero) is 2. The van der Waals surface area contributed by atoms with E-state index in [9.17, 15) is 39.6 Å². The summed E-state index contributed by atoms with van der Waals surface area (Å²) >= 11 is 0. The number of benzene rings is 1. The van der Waals surface area contributed by atoms with Crippen molar-refractivity contribution in [1.82, 2.24) is 10.2 Å². The SMILES string of the molecule is CCCCCCOC(=O)NCc1cc(N(C)C)c(C)c(C(O)=C2C(=O)[C@]3(O)C(O)=C(C(=O)N=N)C(=O)[C@@H](N(C)C)[C@@H]3C[C@@H]2C)c1O. The maximum Gasteiger partial charge on any atom is 0.407 e. The molecular formula is C32H45N5O9. The van der Waals surface area contributed by atoms with Gasteiger partial charge in [0.1, 0.15) is 22.8 Å². The summed E-state index contributed by atoms with van der Waals surface area (Å²) in [6, 6.07) is 0.391. The topological polar surface area (TPSA) is 213 Å². The fourth-order valence-corrected chi connectivity index (χ4v) is 6.49. The van der Waals surface area contributed by atoms with Gasteiger partial charge in [-0.3, -0.25) is 19.3 Å². The number of likely N-dealkylation sites (N-methyl/N-ethyl adjacent to an activating group) is 1. The summed E-state index contributed by atoms with van der Waals surface area (Å²) in [4.78, 5) is 55.4. The lowest BCUT2D eigenvalue weighted by atomic mass is 9.59. The standard InChI is InChI=1S/C32H45N5O9/c1-8-9-10-11-12-46-31(44)34-15-18-14-20(36(4)5)17(3)22(25(18)38)26(39)21-16(2)13-19-24(37(6)7)27(40)23(30(43)35-33)29(42)32(19,45)28(21)41/h14,16,19,24,33,38-39,42,45H,8-13,15H2,1-7H3,(H,34,44)/t16-,19-,24-,32-/m0/s1. The second kappa shape index (κ2) is 14.4. The van der Waals surface area contributed by atoms with Crippen molar-refractivity contribution in [2.45, 2.75) is 71.1 Å². The van der Waals surface area contributed by atoms with E-state index in [0.717, 1.165) is 19.3 Å². The molecule has 0 radical (unpaired) electrons. The van der Waals surface area contributed by atoms with E-state index < -0.39 is 69.9 Å². The highest BCUT2D eigenvalue weighted by Crippen LogP contribution is 2.50. The van der Waals surface area contributed by atoms with E-state index in [1.54, 1.807) is 38.9 Å². The first-order valence-electron chi connectivity index (χ1n) is 15.3. The van der Waals surface area contributed by atoms with Gasteiger partial charge in [-0.15, -0.1) is 5.11 Å². The summed E-state index contributed by atoms with van der Waals surface area (Å²) in [5.74, 6) is -7.82. The lowest BCUT2D eigenvalue weighted by Crippen LogP contribution is -2.65. The van der Waals surface area contributed by atoms with Crippen LogP contribution < -0.4 is 10.2 Å². The highest BCUT2D eigenvalue weighted by atomic mass is 16.5. The van der Waals surface area contributed by atoms with Crippen LogP contribution in [0.3, 0.4) is 0 Å². The average molecular weight is 644 g/mol. The van der Waals surface area contributed by atoms with E-state index in [-0.39, 0.29) is 36.3 Å². The minimum Gasteiger partial charge on any atom is -0.508 e. The Morgan fingerprint density at radius 3 is 2.37 bits per heavy atom.